The van der Waals surface area contributed by atoms with Crippen molar-refractivity contribution in [3.8, 4) is 0 Å². The molecule has 0 aromatic rings. The summed E-state index contributed by atoms with van der Waals surface area (Å²) in [7, 11) is 0. The molecule has 0 aliphatic heterocycles. The molecule has 0 spiro atoms. The lowest BCUT2D eigenvalue weighted by Crippen LogP contribution is -2.68. The molecule has 2 heteroatoms. The van der Waals surface area contributed by atoms with Gasteiger partial charge in [0.05, 0.1) is 0 Å². The van der Waals surface area contributed by atoms with E-state index >= 15 is 0 Å². The van der Waals surface area contributed by atoms with Crippen LogP contribution in [0.15, 0.2) is 0 Å². The zero-order valence-electron chi connectivity index (χ0n) is 22.2. The lowest BCUT2D eigenvalue weighted by molar-refractivity contribution is -0.263. The van der Waals surface area contributed by atoms with Crippen molar-refractivity contribution in [3.05, 3.63) is 0 Å². The summed E-state index contributed by atoms with van der Waals surface area (Å²) in [6.07, 6.45) is 13.4. The number of carbonyl (C=O) groups is 1. The molecule has 1 N–H and O–H groups in total. The minimum Gasteiger partial charge on any atom is -0.396 e. The van der Waals surface area contributed by atoms with Gasteiger partial charge in [-0.1, -0.05) is 48.5 Å². The standard InChI is InChI=1S/C30H50O2/c1-20-21(32)8-9-22-26(20,4)11-10-23-27(22,5)13-14-29(7)24-18-25(2,3)12-16-30(24,19-31)17-15-28(23,29)6/h20,22-24,31H,8-19H2,1-7H3/t20-,22+,23+,24-,26-,27-,28+,29-,30+/m0/s1. The van der Waals surface area contributed by atoms with Gasteiger partial charge in [0, 0.05) is 18.9 Å². The molecule has 0 unspecified atom stereocenters. The van der Waals surface area contributed by atoms with Crippen LogP contribution in [0, 0.1) is 56.2 Å². The second kappa shape index (κ2) is 6.86. The van der Waals surface area contributed by atoms with Gasteiger partial charge in [-0.15, -0.1) is 0 Å². The molecule has 182 valence electrons. The monoisotopic (exact) mass is 442 g/mol. The normalized spacial score (nSPS) is 57.1. The van der Waals surface area contributed by atoms with E-state index in [1.807, 2.05) is 0 Å². The maximum Gasteiger partial charge on any atom is 0.136 e. The SMILES string of the molecule is C[C@H]1C(=O)CC[C@H]2[C@]3(C)CC[C@@]4(C)[C@@H]5CC(C)(C)CC[C@]5(CO)CC[C@]4(C)[C@@H]3CC[C@]21C. The number of ketones is 1. The quantitative estimate of drug-likeness (QED) is 0.458. The third-order valence-electron chi connectivity index (χ3n) is 13.8. The summed E-state index contributed by atoms with van der Waals surface area (Å²) >= 11 is 0. The average Bonchev–Trinajstić information content (AvgIpc) is 2.73. The second-order valence-corrected chi connectivity index (χ2v) is 15.2. The van der Waals surface area contributed by atoms with Gasteiger partial charge in [-0.05, 0) is 114 Å². The van der Waals surface area contributed by atoms with Crippen molar-refractivity contribution < 1.29 is 9.90 Å². The van der Waals surface area contributed by atoms with Gasteiger partial charge < -0.3 is 5.11 Å². The Morgan fingerprint density at radius 3 is 2.06 bits per heavy atom. The molecule has 0 radical (unpaired) electrons. The highest BCUT2D eigenvalue weighted by molar-refractivity contribution is 5.82. The van der Waals surface area contributed by atoms with Gasteiger partial charge in [0.15, 0.2) is 0 Å². The van der Waals surface area contributed by atoms with Crippen LogP contribution in [0.4, 0.5) is 0 Å². The number of Topliss-reactive ketones (excluding diaryl/α,β-unsaturated/α-hetero) is 1. The highest BCUT2D eigenvalue weighted by Crippen LogP contribution is 2.78. The van der Waals surface area contributed by atoms with E-state index in [1.165, 1.54) is 57.8 Å². The molecule has 0 aromatic heterocycles. The lowest BCUT2D eigenvalue weighted by atomic mass is 9.30. The Bertz CT molecular complexity index is 801. The van der Waals surface area contributed by atoms with Crippen LogP contribution in [-0.4, -0.2) is 17.5 Å². The number of hydrogen-bond acceptors (Lipinski definition) is 2. The molecular weight excluding hydrogens is 392 g/mol. The fraction of sp³-hybridized carbons (Fsp3) is 0.967. The zero-order valence-corrected chi connectivity index (χ0v) is 22.2. The van der Waals surface area contributed by atoms with Gasteiger partial charge in [0.25, 0.3) is 0 Å². The molecule has 0 heterocycles. The lowest BCUT2D eigenvalue weighted by Gasteiger charge is -2.75. The van der Waals surface area contributed by atoms with Crippen molar-refractivity contribution in [2.24, 2.45) is 56.2 Å². The van der Waals surface area contributed by atoms with Gasteiger partial charge in [-0.25, -0.2) is 0 Å². The van der Waals surface area contributed by atoms with E-state index in [9.17, 15) is 9.90 Å². The molecule has 0 amide bonds. The van der Waals surface area contributed by atoms with Crippen LogP contribution < -0.4 is 0 Å². The molecule has 32 heavy (non-hydrogen) atoms. The van der Waals surface area contributed by atoms with Gasteiger partial charge in [0.2, 0.25) is 0 Å². The van der Waals surface area contributed by atoms with E-state index in [2.05, 4.69) is 48.5 Å². The Morgan fingerprint density at radius 1 is 0.750 bits per heavy atom. The van der Waals surface area contributed by atoms with E-state index < -0.39 is 0 Å². The second-order valence-electron chi connectivity index (χ2n) is 15.2. The molecule has 5 rings (SSSR count). The minimum absolute atomic E-state index is 0.159. The smallest absolute Gasteiger partial charge is 0.136 e. The first-order valence-corrected chi connectivity index (χ1v) is 13.9. The van der Waals surface area contributed by atoms with Crippen LogP contribution in [0.3, 0.4) is 0 Å². The summed E-state index contributed by atoms with van der Waals surface area (Å²) in [6, 6.07) is 0. The summed E-state index contributed by atoms with van der Waals surface area (Å²) in [4.78, 5) is 12.7. The molecule has 9 atom stereocenters. The van der Waals surface area contributed by atoms with Gasteiger partial charge in [-0.3, -0.25) is 4.79 Å². The summed E-state index contributed by atoms with van der Waals surface area (Å²) in [5, 5.41) is 10.7. The molecule has 5 aliphatic carbocycles. The largest absolute Gasteiger partial charge is 0.396 e. The van der Waals surface area contributed by atoms with E-state index in [0.717, 1.165) is 18.8 Å². The summed E-state index contributed by atoms with van der Waals surface area (Å²) < 4.78 is 0. The Morgan fingerprint density at radius 2 is 1.38 bits per heavy atom. The Balaban J connectivity index is 1.55. The third-order valence-corrected chi connectivity index (χ3v) is 13.8. The Hall–Kier alpha value is -0.370. The Labute approximate surface area is 197 Å². The van der Waals surface area contributed by atoms with E-state index in [1.54, 1.807) is 0 Å². The number of rotatable bonds is 1. The highest BCUT2D eigenvalue weighted by Gasteiger charge is 2.71. The molecule has 2 nitrogen and oxygen atoms in total. The minimum atomic E-state index is 0.159. The van der Waals surface area contributed by atoms with E-state index in [0.29, 0.717) is 45.9 Å². The van der Waals surface area contributed by atoms with Crippen LogP contribution in [0.1, 0.15) is 119 Å². The number of aliphatic hydroxyl groups is 1. The van der Waals surface area contributed by atoms with Gasteiger partial charge in [0.1, 0.15) is 5.78 Å². The van der Waals surface area contributed by atoms with Crippen molar-refractivity contribution in [3.63, 3.8) is 0 Å². The molecule has 5 saturated carbocycles. The molecule has 0 saturated heterocycles. The predicted molar refractivity (Wildman–Crippen MR) is 131 cm³/mol. The van der Waals surface area contributed by atoms with Crippen molar-refractivity contribution in [2.75, 3.05) is 6.61 Å². The van der Waals surface area contributed by atoms with Crippen LogP contribution in [0.2, 0.25) is 0 Å². The van der Waals surface area contributed by atoms with Crippen LogP contribution >= 0.6 is 0 Å². The average molecular weight is 443 g/mol. The topological polar surface area (TPSA) is 37.3 Å². The first-order chi connectivity index (χ1) is 14.8. The van der Waals surface area contributed by atoms with Gasteiger partial charge >= 0.3 is 0 Å². The number of carbonyl (C=O) groups excluding carboxylic acids is 1. The van der Waals surface area contributed by atoms with Crippen molar-refractivity contribution in [1.82, 2.24) is 0 Å². The molecular formula is C30H50O2. The highest BCUT2D eigenvalue weighted by atomic mass is 16.3. The number of aliphatic hydroxyl groups excluding tert-OH is 1. The number of hydrogen-bond donors (Lipinski definition) is 1. The molecule has 0 bridgehead atoms. The summed E-state index contributed by atoms with van der Waals surface area (Å²) in [6.45, 7) is 18.0. The van der Waals surface area contributed by atoms with Crippen molar-refractivity contribution in [1.29, 1.82) is 0 Å². The summed E-state index contributed by atoms with van der Waals surface area (Å²) in [5.74, 6) is 2.84. The summed E-state index contributed by atoms with van der Waals surface area (Å²) in [5.41, 5.74) is 1.78. The van der Waals surface area contributed by atoms with Crippen LogP contribution in [0.25, 0.3) is 0 Å². The van der Waals surface area contributed by atoms with Crippen molar-refractivity contribution >= 4 is 5.78 Å². The van der Waals surface area contributed by atoms with Crippen molar-refractivity contribution in [2.45, 2.75) is 119 Å². The number of fused-ring (bicyclic) bond motifs is 7. The van der Waals surface area contributed by atoms with Crippen LogP contribution in [0.5, 0.6) is 0 Å². The molecule has 0 aromatic carbocycles. The van der Waals surface area contributed by atoms with E-state index in [-0.39, 0.29) is 16.7 Å². The first kappa shape index (κ1) is 23.4. The zero-order chi connectivity index (χ0) is 23.4. The maximum atomic E-state index is 12.7. The Kier molecular flexibility index (Phi) is 5.01. The van der Waals surface area contributed by atoms with E-state index in [4.69, 9.17) is 0 Å². The predicted octanol–water partition coefficient (Wildman–Crippen LogP) is 7.43. The van der Waals surface area contributed by atoms with Crippen LogP contribution in [-0.2, 0) is 4.79 Å². The molecule has 5 fully saturated rings. The molecule has 5 aliphatic rings. The fourth-order valence-electron chi connectivity index (χ4n) is 11.3. The van der Waals surface area contributed by atoms with Gasteiger partial charge in [-0.2, -0.15) is 0 Å². The fourth-order valence-corrected chi connectivity index (χ4v) is 11.3. The third kappa shape index (κ3) is 2.71. The maximum absolute atomic E-state index is 12.7. The first-order valence-electron chi connectivity index (χ1n) is 13.9.